The van der Waals surface area contributed by atoms with Crippen molar-refractivity contribution >= 4 is 56.9 Å². The highest BCUT2D eigenvalue weighted by atomic mass is 79.9. The van der Waals surface area contributed by atoms with Gasteiger partial charge in [-0.2, -0.15) is 0 Å². The van der Waals surface area contributed by atoms with Crippen LogP contribution in [0.15, 0.2) is 41.0 Å². The van der Waals surface area contributed by atoms with Crippen molar-refractivity contribution in [3.63, 3.8) is 0 Å². The van der Waals surface area contributed by atoms with E-state index in [1.807, 2.05) is 23.2 Å². The van der Waals surface area contributed by atoms with E-state index in [0.717, 1.165) is 67.3 Å². The Hall–Kier alpha value is -2.22. The summed E-state index contributed by atoms with van der Waals surface area (Å²) < 4.78 is 0.973. The van der Waals surface area contributed by atoms with Crippen LogP contribution in [0.1, 0.15) is 66.8 Å². The van der Waals surface area contributed by atoms with Gasteiger partial charge in [-0.15, -0.1) is 0 Å². The number of hydrogen-bond acceptors (Lipinski definition) is 4. The molecule has 0 bridgehead atoms. The Morgan fingerprint density at radius 2 is 1.68 bits per heavy atom. The summed E-state index contributed by atoms with van der Waals surface area (Å²) in [6.07, 6.45) is 10.8. The molecule has 1 unspecified atom stereocenters. The normalized spacial score (nSPS) is 19.5. The summed E-state index contributed by atoms with van der Waals surface area (Å²) in [5.41, 5.74) is 4.65. The molecule has 2 aliphatic heterocycles. The van der Waals surface area contributed by atoms with Crippen LogP contribution in [-0.4, -0.2) is 52.1 Å². The number of rotatable bonds is 7. The number of likely N-dealkylation sites (tertiary alicyclic amines) is 1. The van der Waals surface area contributed by atoms with Gasteiger partial charge in [-0.25, -0.2) is 0 Å². The third kappa shape index (κ3) is 5.85. The summed E-state index contributed by atoms with van der Waals surface area (Å²) in [4.78, 5) is 44.3. The van der Waals surface area contributed by atoms with E-state index in [-0.39, 0.29) is 23.6 Å². The molecular formula is C29H30BrCl2N3O3. The van der Waals surface area contributed by atoms with Crippen LogP contribution >= 0.6 is 39.1 Å². The number of unbranched alkanes of at least 4 members (excludes halogenated alkanes) is 2. The number of benzene rings is 1. The molecule has 9 heteroatoms. The van der Waals surface area contributed by atoms with E-state index in [1.165, 1.54) is 28.2 Å². The lowest BCUT2D eigenvalue weighted by Crippen LogP contribution is -2.40. The molecule has 1 atom stereocenters. The summed E-state index contributed by atoms with van der Waals surface area (Å²) in [7, 11) is 0. The van der Waals surface area contributed by atoms with E-state index in [2.05, 4.69) is 22.0 Å². The number of piperidine rings is 1. The SMILES string of the molecule is O=C(CCCCCN1C(=O)C=CC1=O)N1CCC(C2c3ncc(Br)cc3CCc3cc(Cl)cc(Cl)c32)CC1. The minimum Gasteiger partial charge on any atom is -0.343 e. The molecule has 5 rings (SSSR count). The van der Waals surface area contributed by atoms with Crippen molar-refractivity contribution in [2.45, 2.75) is 57.3 Å². The molecule has 38 heavy (non-hydrogen) atoms. The van der Waals surface area contributed by atoms with Crippen LogP contribution in [0.25, 0.3) is 0 Å². The maximum atomic E-state index is 12.9. The van der Waals surface area contributed by atoms with Gasteiger partial charge in [-0.1, -0.05) is 29.6 Å². The van der Waals surface area contributed by atoms with E-state index < -0.39 is 0 Å². The lowest BCUT2D eigenvalue weighted by Gasteiger charge is -2.37. The van der Waals surface area contributed by atoms with E-state index >= 15 is 0 Å². The number of nitrogens with zero attached hydrogens (tertiary/aromatic N) is 3. The number of aromatic nitrogens is 1. The Labute approximate surface area is 241 Å². The highest BCUT2D eigenvalue weighted by Gasteiger charge is 2.36. The number of aryl methyl sites for hydroxylation is 2. The molecule has 0 N–H and O–H groups in total. The van der Waals surface area contributed by atoms with Crippen LogP contribution in [-0.2, 0) is 27.2 Å². The first-order valence-electron chi connectivity index (χ1n) is 13.2. The first-order valence-corrected chi connectivity index (χ1v) is 14.8. The molecule has 1 aliphatic carbocycles. The van der Waals surface area contributed by atoms with Gasteiger partial charge in [0.05, 0.1) is 5.69 Å². The molecule has 0 spiro atoms. The van der Waals surface area contributed by atoms with Crippen LogP contribution < -0.4 is 0 Å². The van der Waals surface area contributed by atoms with Crippen molar-refractivity contribution in [1.29, 1.82) is 0 Å². The Bertz CT molecular complexity index is 1270. The van der Waals surface area contributed by atoms with Gasteiger partial charge in [0, 0.05) is 64.8 Å². The lowest BCUT2D eigenvalue weighted by molar-refractivity contribution is -0.137. The molecule has 3 aliphatic rings. The predicted molar refractivity (Wildman–Crippen MR) is 151 cm³/mol. The highest BCUT2D eigenvalue weighted by Crippen LogP contribution is 2.46. The number of carbonyl (C=O) groups is 3. The van der Waals surface area contributed by atoms with E-state index in [1.54, 1.807) is 0 Å². The maximum Gasteiger partial charge on any atom is 0.253 e. The van der Waals surface area contributed by atoms with Crippen molar-refractivity contribution in [2.75, 3.05) is 19.6 Å². The van der Waals surface area contributed by atoms with Crippen LogP contribution in [0.2, 0.25) is 10.0 Å². The number of amides is 3. The maximum absolute atomic E-state index is 12.9. The predicted octanol–water partition coefficient (Wildman–Crippen LogP) is 6.11. The quantitative estimate of drug-likeness (QED) is 0.277. The smallest absolute Gasteiger partial charge is 0.253 e. The summed E-state index contributed by atoms with van der Waals surface area (Å²) in [5.74, 6) is 0.0707. The molecule has 200 valence electrons. The van der Waals surface area contributed by atoms with Gasteiger partial charge in [-0.3, -0.25) is 24.3 Å². The van der Waals surface area contributed by atoms with Gasteiger partial charge in [0.2, 0.25) is 5.91 Å². The van der Waals surface area contributed by atoms with Crippen molar-refractivity contribution in [1.82, 2.24) is 14.8 Å². The molecule has 1 fully saturated rings. The van der Waals surface area contributed by atoms with Gasteiger partial charge in [0.1, 0.15) is 0 Å². The molecule has 3 heterocycles. The molecule has 1 aromatic carbocycles. The van der Waals surface area contributed by atoms with Crippen LogP contribution in [0, 0.1) is 5.92 Å². The monoisotopic (exact) mass is 617 g/mol. The Kier molecular flexibility index (Phi) is 8.56. The highest BCUT2D eigenvalue weighted by molar-refractivity contribution is 9.10. The third-order valence-electron chi connectivity index (χ3n) is 7.95. The van der Waals surface area contributed by atoms with Crippen molar-refractivity contribution < 1.29 is 14.4 Å². The summed E-state index contributed by atoms with van der Waals surface area (Å²) in [6, 6.07) is 6.05. The first-order chi connectivity index (χ1) is 18.3. The summed E-state index contributed by atoms with van der Waals surface area (Å²) in [6.45, 7) is 1.84. The first kappa shape index (κ1) is 27.4. The number of halogens is 3. The van der Waals surface area contributed by atoms with Crippen LogP contribution in [0.5, 0.6) is 0 Å². The molecule has 0 saturated carbocycles. The van der Waals surface area contributed by atoms with Gasteiger partial charge < -0.3 is 4.90 Å². The summed E-state index contributed by atoms with van der Waals surface area (Å²) >= 11 is 16.8. The molecule has 3 amide bonds. The average Bonchev–Trinajstić information content (AvgIpc) is 3.12. The minimum absolute atomic E-state index is 0.0723. The number of pyridine rings is 1. The number of fused-ring (bicyclic) bond motifs is 2. The largest absolute Gasteiger partial charge is 0.343 e. The number of imide groups is 1. The fourth-order valence-corrected chi connectivity index (χ4v) is 7.08. The zero-order valence-electron chi connectivity index (χ0n) is 21.1. The Balaban J connectivity index is 1.20. The second kappa shape index (κ2) is 11.9. The Morgan fingerprint density at radius 3 is 2.42 bits per heavy atom. The number of carbonyl (C=O) groups excluding carboxylic acids is 3. The Morgan fingerprint density at radius 1 is 0.974 bits per heavy atom. The fraction of sp³-hybridized carbons (Fsp3) is 0.448. The van der Waals surface area contributed by atoms with Crippen molar-refractivity contribution in [3.05, 3.63) is 73.5 Å². The topological polar surface area (TPSA) is 70.6 Å². The molecule has 6 nitrogen and oxygen atoms in total. The van der Waals surface area contributed by atoms with E-state index in [0.29, 0.717) is 35.3 Å². The lowest BCUT2D eigenvalue weighted by atomic mass is 9.76. The van der Waals surface area contributed by atoms with Gasteiger partial charge >= 0.3 is 0 Å². The average molecular weight is 619 g/mol. The second-order valence-electron chi connectivity index (χ2n) is 10.3. The van der Waals surface area contributed by atoms with Gasteiger partial charge in [0.15, 0.2) is 0 Å². The van der Waals surface area contributed by atoms with Crippen molar-refractivity contribution in [3.8, 4) is 0 Å². The molecule has 1 saturated heterocycles. The van der Waals surface area contributed by atoms with Crippen molar-refractivity contribution in [2.24, 2.45) is 5.92 Å². The van der Waals surface area contributed by atoms with Crippen LogP contribution in [0.3, 0.4) is 0 Å². The van der Waals surface area contributed by atoms with Crippen LogP contribution in [0.4, 0.5) is 0 Å². The molecule has 0 radical (unpaired) electrons. The minimum atomic E-state index is -0.250. The molecule has 1 aromatic heterocycles. The second-order valence-corrected chi connectivity index (χ2v) is 12.1. The molecular weight excluding hydrogens is 589 g/mol. The third-order valence-corrected chi connectivity index (χ3v) is 8.92. The fourth-order valence-electron chi connectivity index (χ4n) is 6.04. The standard InChI is InChI=1S/C29H30BrCl2N3O3/c30-21-14-20-6-5-19-15-22(31)16-23(32)27(19)28(29(20)33-17-21)18-9-12-34(13-10-18)24(36)4-2-1-3-11-35-25(37)7-8-26(35)38/h7-8,14-18,28H,1-6,9-13H2. The zero-order chi connectivity index (χ0) is 26.8. The zero-order valence-corrected chi connectivity index (χ0v) is 24.2. The van der Waals surface area contributed by atoms with Gasteiger partial charge in [-0.05, 0) is 95.3 Å². The van der Waals surface area contributed by atoms with E-state index in [4.69, 9.17) is 28.2 Å². The molecule has 2 aromatic rings. The summed E-state index contributed by atoms with van der Waals surface area (Å²) in [5, 5.41) is 1.35. The van der Waals surface area contributed by atoms with E-state index in [9.17, 15) is 14.4 Å². The van der Waals surface area contributed by atoms with Gasteiger partial charge in [0.25, 0.3) is 11.8 Å². The number of hydrogen-bond donors (Lipinski definition) is 0.